The van der Waals surface area contributed by atoms with E-state index < -0.39 is 12.2 Å². The summed E-state index contributed by atoms with van der Waals surface area (Å²) in [5, 5.41) is 10.2. The van der Waals surface area contributed by atoms with Crippen molar-refractivity contribution in [2.24, 2.45) is 5.10 Å². The number of hydrogen-bond acceptors (Lipinski definition) is 5. The Kier molecular flexibility index (Phi) is 5.70. The molecule has 0 saturated heterocycles. The molecule has 0 amide bonds. The van der Waals surface area contributed by atoms with E-state index in [0.29, 0.717) is 27.3 Å². The van der Waals surface area contributed by atoms with Crippen molar-refractivity contribution in [1.82, 2.24) is 14.9 Å². The van der Waals surface area contributed by atoms with Crippen molar-refractivity contribution < 1.29 is 17.9 Å². The molecular weight excluding hydrogens is 409 g/mol. The summed E-state index contributed by atoms with van der Waals surface area (Å²) >= 11 is 16.8. The summed E-state index contributed by atoms with van der Waals surface area (Å²) in [4.78, 5) is 0. The van der Waals surface area contributed by atoms with Gasteiger partial charge in [0.05, 0.1) is 11.2 Å². The van der Waals surface area contributed by atoms with Crippen LogP contribution < -0.4 is 4.74 Å². The molecule has 0 bridgehead atoms. The maximum Gasteiger partial charge on any atom is 0.299 e. The Balaban J connectivity index is 1.70. The van der Waals surface area contributed by atoms with Crippen LogP contribution in [0, 0.1) is 4.77 Å². The van der Waals surface area contributed by atoms with Crippen LogP contribution in [0.1, 0.15) is 23.8 Å². The molecule has 0 aliphatic heterocycles. The molecule has 6 nitrogen and oxygen atoms in total. The average Bonchev–Trinajstić information content (AvgIpc) is 3.21. The highest BCUT2D eigenvalue weighted by Gasteiger charge is 2.16. The third-order valence-corrected chi connectivity index (χ3v) is 4.21. The highest BCUT2D eigenvalue weighted by Crippen LogP contribution is 2.32. The second-order valence-electron chi connectivity index (χ2n) is 4.89. The summed E-state index contributed by atoms with van der Waals surface area (Å²) in [6.07, 6.45) is -1.57. The molecular formula is C15H10Cl2F2N4O2S. The summed E-state index contributed by atoms with van der Waals surface area (Å²) in [5.41, 5.74) is 0. The van der Waals surface area contributed by atoms with Crippen molar-refractivity contribution in [3.05, 3.63) is 62.5 Å². The summed E-state index contributed by atoms with van der Waals surface area (Å²) in [5.74, 6) is 0.630. The molecule has 0 fully saturated rings. The number of ether oxygens (including phenoxy) is 1. The zero-order chi connectivity index (χ0) is 18.7. The molecule has 1 N–H and O–H groups in total. The fourth-order valence-electron chi connectivity index (χ4n) is 1.96. The maximum absolute atomic E-state index is 12.8. The fraction of sp³-hybridized carbons (Fsp3) is 0.133. The Hall–Kier alpha value is -2.23. The van der Waals surface area contributed by atoms with Crippen LogP contribution in [0.5, 0.6) is 5.75 Å². The van der Waals surface area contributed by atoms with Crippen LogP contribution in [0.2, 0.25) is 10.0 Å². The minimum atomic E-state index is -2.82. The molecule has 11 heteroatoms. The van der Waals surface area contributed by atoms with Crippen LogP contribution in [0.15, 0.2) is 39.9 Å². The van der Waals surface area contributed by atoms with Gasteiger partial charge in [-0.3, -0.25) is 0 Å². The predicted octanol–water partition coefficient (Wildman–Crippen LogP) is 5.24. The van der Waals surface area contributed by atoms with Gasteiger partial charge in [0, 0.05) is 0 Å². The molecule has 0 aliphatic carbocycles. The molecule has 136 valence electrons. The molecule has 1 aromatic carbocycles. The van der Waals surface area contributed by atoms with Gasteiger partial charge < -0.3 is 9.15 Å². The number of nitrogens with one attached hydrogen (secondary N) is 1. The number of benzene rings is 1. The highest BCUT2D eigenvalue weighted by molar-refractivity contribution is 7.71. The molecule has 26 heavy (non-hydrogen) atoms. The van der Waals surface area contributed by atoms with Gasteiger partial charge in [-0.05, 0) is 36.5 Å². The third kappa shape index (κ3) is 4.12. The molecule has 0 spiro atoms. The van der Waals surface area contributed by atoms with Crippen LogP contribution in [0.4, 0.5) is 8.78 Å². The summed E-state index contributed by atoms with van der Waals surface area (Å²) < 4.78 is 37.4. The first-order valence-electron chi connectivity index (χ1n) is 7.11. The van der Waals surface area contributed by atoms with Gasteiger partial charge in [-0.1, -0.05) is 29.3 Å². The van der Waals surface area contributed by atoms with Gasteiger partial charge in [0.15, 0.2) is 0 Å². The predicted molar refractivity (Wildman–Crippen MR) is 94.9 cm³/mol. The van der Waals surface area contributed by atoms with Crippen LogP contribution in [-0.4, -0.2) is 21.1 Å². The molecule has 0 radical (unpaired) electrons. The van der Waals surface area contributed by atoms with Crippen molar-refractivity contribution in [2.45, 2.75) is 13.0 Å². The van der Waals surface area contributed by atoms with Gasteiger partial charge in [-0.25, -0.2) is 13.9 Å². The zero-order valence-corrected chi connectivity index (χ0v) is 15.2. The van der Waals surface area contributed by atoms with Gasteiger partial charge in [0.2, 0.25) is 10.6 Å². The molecule has 0 unspecified atom stereocenters. The van der Waals surface area contributed by atoms with E-state index in [2.05, 4.69) is 15.3 Å². The molecule has 2 aromatic heterocycles. The first kappa shape index (κ1) is 18.6. The van der Waals surface area contributed by atoms with Crippen LogP contribution in [0.25, 0.3) is 0 Å². The average molecular weight is 419 g/mol. The lowest BCUT2D eigenvalue weighted by molar-refractivity contribution is 0.136. The van der Waals surface area contributed by atoms with Gasteiger partial charge >= 0.3 is 0 Å². The second kappa shape index (κ2) is 7.98. The number of furan rings is 1. The maximum atomic E-state index is 12.8. The van der Waals surface area contributed by atoms with Crippen LogP contribution in [0.3, 0.4) is 0 Å². The van der Waals surface area contributed by atoms with Gasteiger partial charge in [0.1, 0.15) is 28.9 Å². The molecule has 0 aliphatic rings. The number of nitrogens with zero attached hydrogens (tertiary/aromatic N) is 3. The van der Waals surface area contributed by atoms with Crippen molar-refractivity contribution in [3.63, 3.8) is 0 Å². The normalized spacial score (nSPS) is 11.6. The fourth-order valence-corrected chi connectivity index (χ4v) is 2.49. The molecule has 3 rings (SSSR count). The topological polar surface area (TPSA) is 68.3 Å². The Morgan fingerprint density at radius 3 is 2.92 bits per heavy atom. The lowest BCUT2D eigenvalue weighted by Crippen LogP contribution is -1.99. The van der Waals surface area contributed by atoms with E-state index in [1.54, 1.807) is 30.3 Å². The number of H-pyrrole nitrogens is 1. The molecule has 3 aromatic rings. The van der Waals surface area contributed by atoms with Crippen molar-refractivity contribution in [3.8, 4) is 5.75 Å². The Morgan fingerprint density at radius 2 is 2.15 bits per heavy atom. The summed E-state index contributed by atoms with van der Waals surface area (Å²) in [6, 6.07) is 8.29. The van der Waals surface area contributed by atoms with E-state index in [1.165, 1.54) is 6.21 Å². The van der Waals surface area contributed by atoms with E-state index >= 15 is 0 Å². The largest absolute Gasteiger partial charge is 0.484 e. The first-order valence-corrected chi connectivity index (χ1v) is 8.27. The lowest BCUT2D eigenvalue weighted by Gasteiger charge is -2.06. The van der Waals surface area contributed by atoms with Crippen molar-refractivity contribution >= 4 is 41.6 Å². The Bertz CT molecular complexity index is 1000. The van der Waals surface area contributed by atoms with Gasteiger partial charge in [0.25, 0.3) is 6.43 Å². The first-order chi connectivity index (χ1) is 12.5. The smallest absolute Gasteiger partial charge is 0.299 e. The molecule has 0 saturated carbocycles. The van der Waals surface area contributed by atoms with Gasteiger partial charge in [-0.15, -0.1) is 0 Å². The zero-order valence-electron chi connectivity index (χ0n) is 12.8. The van der Waals surface area contributed by atoms with E-state index in [1.807, 2.05) is 0 Å². The minimum absolute atomic E-state index is 0.0535. The van der Waals surface area contributed by atoms with Crippen LogP contribution >= 0.6 is 35.4 Å². The lowest BCUT2D eigenvalue weighted by atomic mass is 10.3. The number of halogens is 4. The van der Waals surface area contributed by atoms with Crippen molar-refractivity contribution in [2.75, 3.05) is 0 Å². The van der Waals surface area contributed by atoms with Gasteiger partial charge in [-0.2, -0.15) is 14.9 Å². The number of aromatic amines is 1. The van der Waals surface area contributed by atoms with Crippen molar-refractivity contribution in [1.29, 1.82) is 0 Å². The standard InChI is InChI=1S/C15H10Cl2F2N4O2S/c16-10-2-1-3-11(12(10)17)24-7-9-5-4-8(25-9)6-20-23-14(13(18)19)21-22-15(23)26/h1-6,13H,7H2,(H,22,26). The monoisotopic (exact) mass is 418 g/mol. The molecule has 0 atom stereocenters. The minimum Gasteiger partial charge on any atom is -0.484 e. The Morgan fingerprint density at radius 1 is 1.35 bits per heavy atom. The summed E-state index contributed by atoms with van der Waals surface area (Å²) in [7, 11) is 0. The van der Waals surface area contributed by atoms with E-state index in [0.717, 1.165) is 4.68 Å². The number of alkyl halides is 2. The third-order valence-electron chi connectivity index (χ3n) is 3.14. The second-order valence-corrected chi connectivity index (χ2v) is 6.06. The Labute approximate surface area is 161 Å². The number of rotatable bonds is 6. The molecule has 2 heterocycles. The summed E-state index contributed by atoms with van der Waals surface area (Å²) in [6.45, 7) is 0.0985. The van der Waals surface area contributed by atoms with E-state index in [4.69, 9.17) is 44.6 Å². The van der Waals surface area contributed by atoms with Crippen LogP contribution in [-0.2, 0) is 6.61 Å². The highest BCUT2D eigenvalue weighted by atomic mass is 35.5. The van der Waals surface area contributed by atoms with E-state index in [-0.39, 0.29) is 11.4 Å². The number of hydrogen-bond donors (Lipinski definition) is 1. The van der Waals surface area contributed by atoms with E-state index in [9.17, 15) is 8.78 Å². The number of aromatic nitrogens is 3. The SMILES string of the molecule is FC(F)c1n[nH]c(=S)n1N=Cc1ccc(COc2cccc(Cl)c2Cl)o1. The quantitative estimate of drug-likeness (QED) is 0.438.